The van der Waals surface area contributed by atoms with Crippen LogP contribution in [0.25, 0.3) is 0 Å². The molecule has 2 heterocycles. The minimum absolute atomic E-state index is 0.439. The molecule has 106 valence electrons. The predicted molar refractivity (Wildman–Crippen MR) is 79.4 cm³/mol. The van der Waals surface area contributed by atoms with Crippen LogP contribution >= 0.6 is 0 Å². The van der Waals surface area contributed by atoms with E-state index in [1.165, 1.54) is 18.4 Å². The van der Waals surface area contributed by atoms with Crippen molar-refractivity contribution in [2.75, 3.05) is 0 Å². The standard InChI is InChI=1S/C16H22N4/c1-13(11-14-7-3-2-4-8-14)17-12-16-19-18-15-9-5-6-10-20(15)16/h2-4,7-8,13,17H,5-6,9-12H2,1H3. The summed E-state index contributed by atoms with van der Waals surface area (Å²) in [6.45, 7) is 4.11. The third-order valence-electron chi connectivity index (χ3n) is 3.93. The SMILES string of the molecule is CC(Cc1ccccc1)NCc1nnc2n1CCCC2. The van der Waals surface area contributed by atoms with E-state index in [1.54, 1.807) is 0 Å². The number of benzene rings is 1. The molecule has 1 aromatic carbocycles. The van der Waals surface area contributed by atoms with Crippen molar-refractivity contribution in [1.82, 2.24) is 20.1 Å². The summed E-state index contributed by atoms with van der Waals surface area (Å²) in [7, 11) is 0. The Morgan fingerprint density at radius 3 is 2.90 bits per heavy atom. The Bertz CT molecular complexity index is 547. The molecule has 20 heavy (non-hydrogen) atoms. The molecular formula is C16H22N4. The Labute approximate surface area is 120 Å². The molecule has 0 radical (unpaired) electrons. The van der Waals surface area contributed by atoms with Crippen LogP contribution in [0.5, 0.6) is 0 Å². The third-order valence-corrected chi connectivity index (χ3v) is 3.93. The molecule has 1 aliphatic heterocycles. The average Bonchev–Trinajstić information content (AvgIpc) is 2.89. The van der Waals surface area contributed by atoms with Crippen molar-refractivity contribution in [3.63, 3.8) is 0 Å². The summed E-state index contributed by atoms with van der Waals surface area (Å²) < 4.78 is 2.28. The van der Waals surface area contributed by atoms with Gasteiger partial charge in [-0.2, -0.15) is 0 Å². The largest absolute Gasteiger partial charge is 0.314 e. The fourth-order valence-corrected chi connectivity index (χ4v) is 2.80. The number of nitrogens with zero attached hydrogens (tertiary/aromatic N) is 3. The van der Waals surface area contributed by atoms with Crippen molar-refractivity contribution in [3.8, 4) is 0 Å². The van der Waals surface area contributed by atoms with Crippen molar-refractivity contribution in [1.29, 1.82) is 0 Å². The fraction of sp³-hybridized carbons (Fsp3) is 0.500. The first-order valence-corrected chi connectivity index (χ1v) is 7.51. The van der Waals surface area contributed by atoms with Crippen LogP contribution in [0.15, 0.2) is 30.3 Å². The first-order chi connectivity index (χ1) is 9.83. The Balaban J connectivity index is 1.55. The lowest BCUT2D eigenvalue weighted by molar-refractivity contribution is 0.478. The Morgan fingerprint density at radius 2 is 2.05 bits per heavy atom. The van der Waals surface area contributed by atoms with Crippen LogP contribution in [-0.2, 0) is 25.9 Å². The van der Waals surface area contributed by atoms with Crippen LogP contribution in [0.1, 0.15) is 37.0 Å². The lowest BCUT2D eigenvalue weighted by Gasteiger charge is -2.17. The number of fused-ring (bicyclic) bond motifs is 1. The van der Waals surface area contributed by atoms with Crippen molar-refractivity contribution >= 4 is 0 Å². The molecule has 1 N–H and O–H groups in total. The zero-order chi connectivity index (χ0) is 13.8. The van der Waals surface area contributed by atoms with Gasteiger partial charge in [0, 0.05) is 19.0 Å². The van der Waals surface area contributed by atoms with Crippen LogP contribution in [0.3, 0.4) is 0 Å². The smallest absolute Gasteiger partial charge is 0.147 e. The third kappa shape index (κ3) is 3.07. The molecule has 2 aromatic rings. The summed E-state index contributed by atoms with van der Waals surface area (Å²) in [5, 5.41) is 12.2. The minimum atomic E-state index is 0.439. The van der Waals surface area contributed by atoms with Crippen LogP contribution in [0.4, 0.5) is 0 Å². The molecule has 0 fully saturated rings. The molecule has 0 saturated carbocycles. The summed E-state index contributed by atoms with van der Waals surface area (Å²) in [6, 6.07) is 11.0. The number of hydrogen-bond acceptors (Lipinski definition) is 3. The zero-order valence-corrected chi connectivity index (χ0v) is 12.0. The van der Waals surface area contributed by atoms with Gasteiger partial charge >= 0.3 is 0 Å². The number of hydrogen-bond donors (Lipinski definition) is 1. The van der Waals surface area contributed by atoms with Crippen molar-refractivity contribution in [3.05, 3.63) is 47.5 Å². The molecule has 0 amide bonds. The van der Waals surface area contributed by atoms with E-state index in [-0.39, 0.29) is 0 Å². The van der Waals surface area contributed by atoms with Gasteiger partial charge in [-0.05, 0) is 31.7 Å². The van der Waals surface area contributed by atoms with Crippen molar-refractivity contribution in [2.45, 2.75) is 51.7 Å². The summed E-state index contributed by atoms with van der Waals surface area (Å²) in [5.41, 5.74) is 1.37. The zero-order valence-electron chi connectivity index (χ0n) is 12.0. The Hall–Kier alpha value is -1.68. The summed E-state index contributed by atoms with van der Waals surface area (Å²) in [5.74, 6) is 2.24. The van der Waals surface area contributed by atoms with E-state index >= 15 is 0 Å². The fourth-order valence-electron chi connectivity index (χ4n) is 2.80. The molecule has 4 heteroatoms. The Morgan fingerprint density at radius 1 is 1.20 bits per heavy atom. The highest BCUT2D eigenvalue weighted by Crippen LogP contribution is 2.14. The minimum Gasteiger partial charge on any atom is -0.314 e. The summed E-state index contributed by atoms with van der Waals surface area (Å²) >= 11 is 0. The van der Waals surface area contributed by atoms with E-state index in [0.717, 1.165) is 37.6 Å². The van der Waals surface area contributed by atoms with Crippen LogP contribution in [0, 0.1) is 0 Å². The van der Waals surface area contributed by atoms with E-state index in [9.17, 15) is 0 Å². The van der Waals surface area contributed by atoms with Crippen LogP contribution in [-0.4, -0.2) is 20.8 Å². The van der Waals surface area contributed by atoms with Gasteiger partial charge in [0.25, 0.3) is 0 Å². The second kappa shape index (κ2) is 6.18. The van der Waals surface area contributed by atoms with E-state index in [4.69, 9.17) is 0 Å². The summed E-state index contributed by atoms with van der Waals surface area (Å²) in [6.07, 6.45) is 4.61. The van der Waals surface area contributed by atoms with Crippen LogP contribution < -0.4 is 5.32 Å². The molecule has 3 rings (SSSR count). The average molecular weight is 270 g/mol. The number of nitrogens with one attached hydrogen (secondary N) is 1. The van der Waals surface area contributed by atoms with Crippen LogP contribution in [0.2, 0.25) is 0 Å². The molecular weight excluding hydrogens is 248 g/mol. The van der Waals surface area contributed by atoms with Gasteiger partial charge in [-0.3, -0.25) is 0 Å². The van der Waals surface area contributed by atoms with Gasteiger partial charge in [0.1, 0.15) is 11.6 Å². The molecule has 4 nitrogen and oxygen atoms in total. The maximum atomic E-state index is 4.33. The number of rotatable bonds is 5. The maximum absolute atomic E-state index is 4.33. The van der Waals surface area contributed by atoms with E-state index in [2.05, 4.69) is 57.3 Å². The van der Waals surface area contributed by atoms with Gasteiger partial charge < -0.3 is 9.88 Å². The molecule has 1 aliphatic rings. The van der Waals surface area contributed by atoms with E-state index < -0.39 is 0 Å². The summed E-state index contributed by atoms with van der Waals surface area (Å²) in [4.78, 5) is 0. The highest BCUT2D eigenvalue weighted by atomic mass is 15.3. The molecule has 0 spiro atoms. The monoisotopic (exact) mass is 270 g/mol. The van der Waals surface area contributed by atoms with Gasteiger partial charge in [-0.1, -0.05) is 30.3 Å². The highest BCUT2D eigenvalue weighted by molar-refractivity contribution is 5.15. The molecule has 1 aromatic heterocycles. The number of aryl methyl sites for hydroxylation is 1. The van der Waals surface area contributed by atoms with E-state index in [1.807, 2.05) is 0 Å². The van der Waals surface area contributed by atoms with Gasteiger partial charge in [0.05, 0.1) is 6.54 Å². The number of aromatic nitrogens is 3. The lowest BCUT2D eigenvalue weighted by Crippen LogP contribution is -2.29. The second-order valence-electron chi connectivity index (χ2n) is 5.61. The molecule has 1 unspecified atom stereocenters. The molecule has 0 saturated heterocycles. The topological polar surface area (TPSA) is 42.7 Å². The van der Waals surface area contributed by atoms with E-state index in [0.29, 0.717) is 6.04 Å². The Kier molecular flexibility index (Phi) is 4.11. The molecule has 0 aliphatic carbocycles. The van der Waals surface area contributed by atoms with Crippen molar-refractivity contribution < 1.29 is 0 Å². The predicted octanol–water partition coefficient (Wildman–Crippen LogP) is 2.34. The molecule has 0 bridgehead atoms. The molecule has 1 atom stereocenters. The van der Waals surface area contributed by atoms with Gasteiger partial charge in [-0.15, -0.1) is 10.2 Å². The quantitative estimate of drug-likeness (QED) is 0.907. The first kappa shape index (κ1) is 13.3. The first-order valence-electron chi connectivity index (χ1n) is 7.51. The highest BCUT2D eigenvalue weighted by Gasteiger charge is 2.15. The van der Waals surface area contributed by atoms with Crippen molar-refractivity contribution in [2.24, 2.45) is 0 Å². The van der Waals surface area contributed by atoms with Gasteiger partial charge in [0.15, 0.2) is 0 Å². The van der Waals surface area contributed by atoms with Gasteiger partial charge in [-0.25, -0.2) is 0 Å². The maximum Gasteiger partial charge on any atom is 0.147 e. The second-order valence-corrected chi connectivity index (χ2v) is 5.61. The normalized spacial score (nSPS) is 15.8. The lowest BCUT2D eigenvalue weighted by atomic mass is 10.1. The van der Waals surface area contributed by atoms with Gasteiger partial charge in [0.2, 0.25) is 0 Å².